The molecule has 0 aromatic carbocycles. The summed E-state index contributed by atoms with van der Waals surface area (Å²) < 4.78 is 1.24. The van der Waals surface area contributed by atoms with E-state index in [1.165, 1.54) is 10.9 Å². The van der Waals surface area contributed by atoms with Crippen molar-refractivity contribution >= 4 is 0 Å². The second kappa shape index (κ2) is 7.83. The Morgan fingerprint density at radius 1 is 0.857 bits per heavy atom. The van der Waals surface area contributed by atoms with Crippen molar-refractivity contribution in [1.82, 2.24) is 0 Å². The van der Waals surface area contributed by atoms with Crippen LogP contribution in [0.15, 0.2) is 47.0 Å². The van der Waals surface area contributed by atoms with E-state index in [1.807, 2.05) is 0 Å². The third-order valence-corrected chi connectivity index (χ3v) is 2.52. The van der Waals surface area contributed by atoms with Gasteiger partial charge in [0.15, 0.2) is 0 Å². The van der Waals surface area contributed by atoms with E-state index in [2.05, 4.69) is 58.3 Å². The molecule has 0 amide bonds. The molecule has 0 radical (unpaired) electrons. The summed E-state index contributed by atoms with van der Waals surface area (Å²) in [5.41, 5.74) is 0. The van der Waals surface area contributed by atoms with Gasteiger partial charge >= 0.3 is 64.2 Å². The van der Waals surface area contributed by atoms with E-state index in [-0.39, 0.29) is 0 Å². The van der Waals surface area contributed by atoms with Gasteiger partial charge in [-0.2, -0.15) is 0 Å². The van der Waals surface area contributed by atoms with Crippen LogP contribution in [0.1, 0.15) is 32.1 Å². The van der Waals surface area contributed by atoms with Crippen molar-refractivity contribution in [2.45, 2.75) is 32.1 Å². The van der Waals surface area contributed by atoms with Crippen molar-refractivity contribution in [2.24, 2.45) is 0 Å². The van der Waals surface area contributed by atoms with Gasteiger partial charge in [-0.3, -0.25) is 0 Å². The van der Waals surface area contributed by atoms with E-state index in [0.717, 1.165) is 25.7 Å². The zero-order valence-corrected chi connectivity index (χ0v) is 9.45. The van der Waals surface area contributed by atoms with Crippen LogP contribution in [-0.2, 0) is 15.7 Å². The van der Waals surface area contributed by atoms with Crippen LogP contribution in [0, 0.1) is 0 Å². The second-order valence-electron chi connectivity index (χ2n) is 3.30. The average molecular weight is 232 g/mol. The van der Waals surface area contributed by atoms with Crippen LogP contribution >= 0.6 is 0 Å². The van der Waals surface area contributed by atoms with E-state index < -0.39 is 0 Å². The quantitative estimate of drug-likeness (QED) is 0.553. The fraction of sp³-hybridized carbons (Fsp3) is 0.385. The Morgan fingerprint density at radius 3 is 2.21 bits per heavy atom. The zero-order valence-electron chi connectivity index (χ0n) is 8.41. The molecule has 0 unspecified atom stereocenters. The second-order valence-corrected chi connectivity index (χ2v) is 3.97. The Bertz CT molecular complexity index is 246. The van der Waals surface area contributed by atoms with Gasteiger partial charge in [-0.05, 0) is 6.42 Å². The van der Waals surface area contributed by atoms with Gasteiger partial charge in [0.25, 0.3) is 0 Å². The molecular formula is C13H17Co. The van der Waals surface area contributed by atoms with Crippen molar-refractivity contribution in [1.29, 1.82) is 0 Å². The summed E-state index contributed by atoms with van der Waals surface area (Å²) in [4.78, 5) is 0. The van der Waals surface area contributed by atoms with Gasteiger partial charge in [0, 0.05) is 0 Å². The normalized spacial score (nSPS) is 25.4. The molecule has 0 nitrogen and oxygen atoms in total. The fourth-order valence-electron chi connectivity index (χ4n) is 1.28. The van der Waals surface area contributed by atoms with Gasteiger partial charge in [0.1, 0.15) is 0 Å². The van der Waals surface area contributed by atoms with E-state index in [0.29, 0.717) is 0 Å². The standard InChI is InChI=1S/C8H11.C5H6.Co/c1-2-4-6-8-7-5-3-1;1-2-4-5-3-1;/h1-2,7H,3-6H2;1-4H,5H2;/b2-1-,8-7?;;. The van der Waals surface area contributed by atoms with Gasteiger partial charge in [0.2, 0.25) is 0 Å². The number of rotatable bonds is 0. The summed E-state index contributed by atoms with van der Waals surface area (Å²) in [6, 6.07) is 0. The molecule has 0 heterocycles. The molecule has 0 aromatic rings. The number of allylic oxidation sites excluding steroid dienone is 8. The molecule has 0 N–H and O–H groups in total. The summed E-state index contributed by atoms with van der Waals surface area (Å²) >= 11 is 4.35. The molecule has 2 aliphatic rings. The van der Waals surface area contributed by atoms with Crippen molar-refractivity contribution in [3.63, 3.8) is 0 Å². The Labute approximate surface area is 95.1 Å². The van der Waals surface area contributed by atoms with Crippen molar-refractivity contribution in [2.75, 3.05) is 0 Å². The van der Waals surface area contributed by atoms with Gasteiger partial charge in [-0.1, -0.05) is 24.3 Å². The third kappa shape index (κ3) is 6.00. The van der Waals surface area contributed by atoms with Crippen LogP contribution in [0.2, 0.25) is 0 Å². The molecule has 78 valence electrons. The molecule has 0 aromatic heterocycles. The van der Waals surface area contributed by atoms with E-state index >= 15 is 0 Å². The van der Waals surface area contributed by atoms with E-state index in [4.69, 9.17) is 0 Å². The Kier molecular flexibility index (Phi) is 6.46. The summed E-state index contributed by atoms with van der Waals surface area (Å²) in [5.74, 6) is 0. The molecule has 0 saturated heterocycles. The first-order chi connectivity index (χ1) is 6.89. The van der Waals surface area contributed by atoms with Gasteiger partial charge < -0.3 is 0 Å². The number of hydrogen-bond acceptors (Lipinski definition) is 0. The van der Waals surface area contributed by atoms with E-state index in [1.54, 1.807) is 0 Å². The SMILES string of the molecule is C1=CCC=C1.[Co]/[C]1=C/CC/C=C\CC1. The Hall–Kier alpha value is -0.534. The first kappa shape index (κ1) is 11.5. The Balaban J connectivity index is 0.000000165. The fourth-order valence-corrected chi connectivity index (χ4v) is 1.58. The van der Waals surface area contributed by atoms with Crippen LogP contribution in [0.4, 0.5) is 0 Å². The maximum atomic E-state index is 4.35. The first-order valence-electron chi connectivity index (χ1n) is 5.18. The molecule has 2 aliphatic carbocycles. The molecule has 0 bridgehead atoms. The van der Waals surface area contributed by atoms with Crippen LogP contribution in [0.3, 0.4) is 0 Å². The van der Waals surface area contributed by atoms with Gasteiger partial charge in [0.05, 0.1) is 0 Å². The van der Waals surface area contributed by atoms with E-state index in [9.17, 15) is 0 Å². The monoisotopic (exact) mass is 232 g/mol. The molecule has 2 rings (SSSR count). The molecule has 0 aliphatic heterocycles. The van der Waals surface area contributed by atoms with Crippen LogP contribution in [0.25, 0.3) is 0 Å². The molecular weight excluding hydrogens is 215 g/mol. The van der Waals surface area contributed by atoms with Crippen LogP contribution in [-0.4, -0.2) is 0 Å². The zero-order chi connectivity index (χ0) is 10.1. The number of hydrogen-bond donors (Lipinski definition) is 0. The summed E-state index contributed by atoms with van der Waals surface area (Å²) in [5, 5.41) is 0. The average Bonchev–Trinajstić information content (AvgIpc) is 2.69. The minimum absolute atomic E-state index is 1.12. The summed E-state index contributed by atoms with van der Waals surface area (Å²) in [7, 11) is 0. The van der Waals surface area contributed by atoms with Crippen LogP contribution < -0.4 is 0 Å². The van der Waals surface area contributed by atoms with Crippen LogP contribution in [0.5, 0.6) is 0 Å². The maximum absolute atomic E-state index is 4.35. The molecule has 1 heteroatoms. The predicted octanol–water partition coefficient (Wildman–Crippen LogP) is 4.05. The third-order valence-electron chi connectivity index (χ3n) is 2.05. The summed E-state index contributed by atoms with van der Waals surface area (Å²) in [6.45, 7) is 0. The van der Waals surface area contributed by atoms with Gasteiger partial charge in [-0.25, -0.2) is 0 Å². The Morgan fingerprint density at radius 2 is 1.57 bits per heavy atom. The first-order valence-corrected chi connectivity index (χ1v) is 5.70. The molecule has 0 spiro atoms. The van der Waals surface area contributed by atoms with Gasteiger partial charge in [-0.15, -0.1) is 0 Å². The molecule has 14 heavy (non-hydrogen) atoms. The van der Waals surface area contributed by atoms with Crippen molar-refractivity contribution in [3.05, 3.63) is 47.0 Å². The minimum atomic E-state index is 1.12. The molecule has 0 atom stereocenters. The predicted molar refractivity (Wildman–Crippen MR) is 58.6 cm³/mol. The molecule has 0 fully saturated rings. The van der Waals surface area contributed by atoms with Crippen molar-refractivity contribution in [3.8, 4) is 0 Å². The van der Waals surface area contributed by atoms with Crippen molar-refractivity contribution < 1.29 is 15.7 Å². The molecule has 0 saturated carbocycles. The summed E-state index contributed by atoms with van der Waals surface area (Å²) in [6.07, 6.45) is 20.8. The topological polar surface area (TPSA) is 0 Å².